The molecular formula is C20H25N7OS. The summed E-state index contributed by atoms with van der Waals surface area (Å²) in [5.41, 5.74) is 7.16. The van der Waals surface area contributed by atoms with Gasteiger partial charge in [-0.1, -0.05) is 18.2 Å². The lowest BCUT2D eigenvalue weighted by Crippen LogP contribution is -2.45. The largest absolute Gasteiger partial charge is 0.352 e. The summed E-state index contributed by atoms with van der Waals surface area (Å²) in [6.07, 6.45) is 1.68. The van der Waals surface area contributed by atoms with E-state index >= 15 is 0 Å². The van der Waals surface area contributed by atoms with Crippen LogP contribution in [0.15, 0.2) is 41.0 Å². The zero-order chi connectivity index (χ0) is 20.5. The molecule has 0 saturated heterocycles. The normalized spacial score (nSPS) is 16.2. The summed E-state index contributed by atoms with van der Waals surface area (Å²) in [5, 5.41) is 9.44. The fraction of sp³-hybridized carbons (Fsp3) is 0.350. The SMILES string of the molecule is CC(C)n1cnc2c1N=C(c1csc3ccccc13)N(C)C2NCCNC(N)=O. The number of benzene rings is 1. The number of aliphatic imine (C=N–C) groups is 1. The smallest absolute Gasteiger partial charge is 0.312 e. The molecule has 1 atom stereocenters. The topological polar surface area (TPSA) is 101 Å². The molecular weight excluding hydrogens is 386 g/mol. The predicted molar refractivity (Wildman–Crippen MR) is 117 cm³/mol. The molecule has 0 aliphatic carbocycles. The fourth-order valence-corrected chi connectivity index (χ4v) is 4.51. The Hall–Kier alpha value is -2.91. The number of primary amides is 1. The summed E-state index contributed by atoms with van der Waals surface area (Å²) in [4.78, 5) is 22.7. The Kier molecular flexibility index (Phi) is 5.25. The molecule has 0 saturated carbocycles. The van der Waals surface area contributed by atoms with Gasteiger partial charge in [0.15, 0.2) is 5.82 Å². The van der Waals surface area contributed by atoms with Crippen molar-refractivity contribution in [3.8, 4) is 0 Å². The maximum absolute atomic E-state index is 11.0. The van der Waals surface area contributed by atoms with Gasteiger partial charge < -0.3 is 20.5 Å². The highest BCUT2D eigenvalue weighted by molar-refractivity contribution is 7.17. The number of urea groups is 1. The van der Waals surface area contributed by atoms with Gasteiger partial charge in [0.1, 0.15) is 17.7 Å². The van der Waals surface area contributed by atoms with Gasteiger partial charge in [-0.2, -0.15) is 0 Å². The number of amides is 2. The van der Waals surface area contributed by atoms with E-state index in [-0.39, 0.29) is 12.2 Å². The second kappa shape index (κ2) is 7.84. The van der Waals surface area contributed by atoms with E-state index in [1.807, 2.05) is 13.4 Å². The Morgan fingerprint density at radius 2 is 2.10 bits per heavy atom. The molecule has 29 heavy (non-hydrogen) atoms. The van der Waals surface area contributed by atoms with Crippen molar-refractivity contribution in [1.82, 2.24) is 25.1 Å². The van der Waals surface area contributed by atoms with Gasteiger partial charge in [-0.25, -0.2) is 14.8 Å². The number of hydrogen-bond donors (Lipinski definition) is 3. The Balaban J connectivity index is 1.74. The maximum atomic E-state index is 11.0. The molecule has 8 nitrogen and oxygen atoms in total. The fourth-order valence-electron chi connectivity index (χ4n) is 3.57. The number of amidine groups is 1. The van der Waals surface area contributed by atoms with E-state index < -0.39 is 6.03 Å². The van der Waals surface area contributed by atoms with E-state index in [0.29, 0.717) is 13.1 Å². The van der Waals surface area contributed by atoms with E-state index in [1.54, 1.807) is 11.3 Å². The van der Waals surface area contributed by atoms with Gasteiger partial charge in [-0.15, -0.1) is 11.3 Å². The molecule has 0 spiro atoms. The summed E-state index contributed by atoms with van der Waals surface area (Å²) >= 11 is 1.72. The standard InChI is InChI=1S/C20H25N7OS/c1-12(2)27-11-24-16-18(22-8-9-23-20(21)28)26(3)17(25-19(16)27)14-10-29-15-7-5-4-6-13(14)15/h4-7,10-12,18,22H,8-9H2,1-3H3,(H3,21,23,28). The highest BCUT2D eigenvalue weighted by Crippen LogP contribution is 2.37. The molecule has 2 amide bonds. The number of aromatic nitrogens is 2. The first kappa shape index (κ1) is 19.4. The summed E-state index contributed by atoms with van der Waals surface area (Å²) in [7, 11) is 2.02. The van der Waals surface area contributed by atoms with E-state index in [0.717, 1.165) is 22.9 Å². The number of carbonyl (C=O) groups is 1. The lowest BCUT2D eigenvalue weighted by molar-refractivity contribution is 0.247. The number of carbonyl (C=O) groups excluding carboxylic acids is 1. The second-order valence-corrected chi connectivity index (χ2v) is 8.21. The number of hydrogen-bond acceptors (Lipinski definition) is 6. The third-order valence-electron chi connectivity index (χ3n) is 5.03. The molecule has 1 aliphatic heterocycles. The van der Waals surface area contributed by atoms with Gasteiger partial charge in [0.25, 0.3) is 0 Å². The lowest BCUT2D eigenvalue weighted by atomic mass is 10.1. The van der Waals surface area contributed by atoms with Crippen molar-refractivity contribution >= 4 is 39.1 Å². The first-order chi connectivity index (χ1) is 14.0. The Labute approximate surface area is 173 Å². The van der Waals surface area contributed by atoms with Crippen LogP contribution < -0.4 is 16.4 Å². The van der Waals surface area contributed by atoms with Crippen molar-refractivity contribution < 1.29 is 4.79 Å². The van der Waals surface area contributed by atoms with Crippen LogP contribution in [-0.4, -0.2) is 46.5 Å². The summed E-state index contributed by atoms with van der Waals surface area (Å²) in [5.74, 6) is 1.77. The number of nitrogens with one attached hydrogen (secondary N) is 2. The van der Waals surface area contributed by atoms with E-state index in [2.05, 4.69) is 68.6 Å². The predicted octanol–water partition coefficient (Wildman–Crippen LogP) is 2.96. The Morgan fingerprint density at radius 3 is 2.86 bits per heavy atom. The van der Waals surface area contributed by atoms with Crippen LogP contribution in [0.3, 0.4) is 0 Å². The maximum Gasteiger partial charge on any atom is 0.312 e. The highest BCUT2D eigenvalue weighted by Gasteiger charge is 2.32. The van der Waals surface area contributed by atoms with Crippen molar-refractivity contribution in [3.63, 3.8) is 0 Å². The average Bonchev–Trinajstić information content (AvgIpc) is 3.30. The van der Waals surface area contributed by atoms with Crippen LogP contribution in [0.25, 0.3) is 10.1 Å². The van der Waals surface area contributed by atoms with Gasteiger partial charge in [0.05, 0.1) is 6.33 Å². The lowest BCUT2D eigenvalue weighted by Gasteiger charge is -2.34. The van der Waals surface area contributed by atoms with Crippen LogP contribution >= 0.6 is 11.3 Å². The van der Waals surface area contributed by atoms with Crippen molar-refractivity contribution in [1.29, 1.82) is 0 Å². The van der Waals surface area contributed by atoms with E-state index in [4.69, 9.17) is 10.7 Å². The number of nitrogens with two attached hydrogens (primary N) is 1. The monoisotopic (exact) mass is 411 g/mol. The molecule has 152 valence electrons. The van der Waals surface area contributed by atoms with Gasteiger partial charge in [-0.05, 0) is 19.9 Å². The molecule has 0 fully saturated rings. The molecule has 1 unspecified atom stereocenters. The van der Waals surface area contributed by atoms with Crippen LogP contribution in [-0.2, 0) is 0 Å². The minimum atomic E-state index is -0.527. The number of nitrogens with zero attached hydrogens (tertiary/aromatic N) is 4. The van der Waals surface area contributed by atoms with Crippen molar-refractivity contribution in [2.75, 3.05) is 20.1 Å². The first-order valence-electron chi connectivity index (χ1n) is 9.59. The van der Waals surface area contributed by atoms with Crippen LogP contribution in [0.2, 0.25) is 0 Å². The summed E-state index contributed by atoms with van der Waals surface area (Å²) in [6.45, 7) is 5.24. The molecule has 0 radical (unpaired) electrons. The number of fused-ring (bicyclic) bond motifs is 2. The van der Waals surface area contributed by atoms with Gasteiger partial charge >= 0.3 is 6.03 Å². The number of thiophene rings is 1. The number of rotatable bonds is 6. The van der Waals surface area contributed by atoms with E-state index in [9.17, 15) is 4.79 Å². The minimum absolute atomic E-state index is 0.161. The van der Waals surface area contributed by atoms with Crippen LogP contribution in [0.5, 0.6) is 0 Å². The second-order valence-electron chi connectivity index (χ2n) is 7.29. The average molecular weight is 412 g/mol. The third-order valence-corrected chi connectivity index (χ3v) is 5.99. The van der Waals surface area contributed by atoms with Crippen LogP contribution in [0.4, 0.5) is 10.6 Å². The van der Waals surface area contributed by atoms with Crippen molar-refractivity contribution in [2.45, 2.75) is 26.1 Å². The molecule has 1 aliphatic rings. The summed E-state index contributed by atoms with van der Waals surface area (Å²) < 4.78 is 3.32. The summed E-state index contributed by atoms with van der Waals surface area (Å²) in [6, 6.07) is 8.08. The number of imidazole rings is 1. The van der Waals surface area contributed by atoms with E-state index in [1.165, 1.54) is 10.1 Å². The molecule has 3 aromatic rings. The molecule has 4 N–H and O–H groups in total. The Morgan fingerprint density at radius 1 is 1.31 bits per heavy atom. The van der Waals surface area contributed by atoms with Gasteiger partial charge in [0, 0.05) is 47.2 Å². The Bertz CT molecular complexity index is 1070. The van der Waals surface area contributed by atoms with Crippen molar-refractivity contribution in [3.05, 3.63) is 47.2 Å². The molecule has 3 heterocycles. The van der Waals surface area contributed by atoms with Crippen LogP contribution in [0, 0.1) is 0 Å². The quantitative estimate of drug-likeness (QED) is 0.543. The molecule has 9 heteroatoms. The minimum Gasteiger partial charge on any atom is -0.352 e. The van der Waals surface area contributed by atoms with Crippen molar-refractivity contribution in [2.24, 2.45) is 10.7 Å². The van der Waals surface area contributed by atoms with Gasteiger partial charge in [-0.3, -0.25) is 5.32 Å². The molecule has 1 aromatic carbocycles. The third kappa shape index (κ3) is 3.58. The molecule has 2 aromatic heterocycles. The zero-order valence-electron chi connectivity index (χ0n) is 16.7. The highest BCUT2D eigenvalue weighted by atomic mass is 32.1. The molecule has 4 rings (SSSR count). The van der Waals surface area contributed by atoms with Gasteiger partial charge in [0.2, 0.25) is 0 Å². The zero-order valence-corrected chi connectivity index (χ0v) is 17.5. The molecule has 0 bridgehead atoms. The van der Waals surface area contributed by atoms with Crippen LogP contribution in [0.1, 0.15) is 37.3 Å². The first-order valence-corrected chi connectivity index (χ1v) is 10.5.